The summed E-state index contributed by atoms with van der Waals surface area (Å²) in [5.74, 6) is -1.28. The first-order valence-electron chi connectivity index (χ1n) is 6.29. The smallest absolute Gasteiger partial charge is 0.134 e. The van der Waals surface area contributed by atoms with Crippen molar-refractivity contribution < 1.29 is 8.78 Å². The maximum atomic E-state index is 14.1. The summed E-state index contributed by atoms with van der Waals surface area (Å²) in [6, 6.07) is 5.23. The van der Waals surface area contributed by atoms with E-state index in [1.807, 2.05) is 13.8 Å². The molecule has 0 radical (unpaired) electrons. The van der Waals surface area contributed by atoms with E-state index in [4.69, 9.17) is 17.3 Å². The lowest BCUT2D eigenvalue weighted by atomic mass is 9.94. The van der Waals surface area contributed by atoms with Crippen LogP contribution in [0.25, 0.3) is 0 Å². The fourth-order valence-corrected chi connectivity index (χ4v) is 2.50. The average Bonchev–Trinajstić information content (AvgIpc) is 2.38. The van der Waals surface area contributed by atoms with E-state index in [1.165, 1.54) is 12.1 Å². The van der Waals surface area contributed by atoms with E-state index in [9.17, 15) is 8.78 Å². The van der Waals surface area contributed by atoms with Crippen molar-refractivity contribution in [3.05, 3.63) is 68.7 Å². The Labute approximate surface area is 122 Å². The molecule has 2 rings (SSSR count). The molecule has 0 aromatic heterocycles. The summed E-state index contributed by atoms with van der Waals surface area (Å²) in [7, 11) is 0. The lowest BCUT2D eigenvalue weighted by molar-refractivity contribution is 0.538. The quantitative estimate of drug-likeness (QED) is 0.861. The molecule has 0 bridgehead atoms. The molecule has 1 nitrogen and oxygen atoms in total. The maximum absolute atomic E-state index is 14.1. The SMILES string of the molecule is Cc1cc(Cl)c(C(N)c2c(F)ccc(C)c2F)cc1C. The zero-order chi connectivity index (χ0) is 15.0. The van der Waals surface area contributed by atoms with E-state index >= 15 is 0 Å². The number of hydrogen-bond acceptors (Lipinski definition) is 1. The number of aryl methyl sites for hydroxylation is 3. The third kappa shape index (κ3) is 2.56. The maximum Gasteiger partial charge on any atom is 0.134 e. The van der Waals surface area contributed by atoms with Crippen LogP contribution < -0.4 is 5.73 Å². The van der Waals surface area contributed by atoms with Crippen LogP contribution in [-0.2, 0) is 0 Å². The number of benzene rings is 2. The van der Waals surface area contributed by atoms with E-state index in [-0.39, 0.29) is 5.56 Å². The molecule has 1 unspecified atom stereocenters. The van der Waals surface area contributed by atoms with Gasteiger partial charge in [0.05, 0.1) is 6.04 Å². The van der Waals surface area contributed by atoms with Crippen molar-refractivity contribution in [1.82, 2.24) is 0 Å². The Morgan fingerprint density at radius 1 is 1.00 bits per heavy atom. The zero-order valence-corrected chi connectivity index (χ0v) is 12.4. The molecular formula is C16H16ClF2N. The third-order valence-electron chi connectivity index (χ3n) is 3.58. The molecule has 0 fully saturated rings. The molecule has 0 heterocycles. The highest BCUT2D eigenvalue weighted by molar-refractivity contribution is 6.31. The first-order chi connectivity index (χ1) is 9.32. The Hall–Kier alpha value is -1.45. The summed E-state index contributed by atoms with van der Waals surface area (Å²) in [5.41, 5.74) is 8.77. The van der Waals surface area contributed by atoms with E-state index in [2.05, 4.69) is 0 Å². The van der Waals surface area contributed by atoms with Crippen LogP contribution in [-0.4, -0.2) is 0 Å². The first kappa shape index (κ1) is 14.9. The normalized spacial score (nSPS) is 12.6. The molecule has 0 saturated heterocycles. The third-order valence-corrected chi connectivity index (χ3v) is 3.91. The lowest BCUT2D eigenvalue weighted by Gasteiger charge is -2.18. The largest absolute Gasteiger partial charge is 0.320 e. The van der Waals surface area contributed by atoms with Crippen molar-refractivity contribution in [2.75, 3.05) is 0 Å². The molecule has 2 aromatic rings. The molecule has 1 atom stereocenters. The van der Waals surface area contributed by atoms with Gasteiger partial charge in [0.2, 0.25) is 0 Å². The van der Waals surface area contributed by atoms with Crippen LogP contribution in [0.15, 0.2) is 24.3 Å². The summed E-state index contributed by atoms with van der Waals surface area (Å²) in [6.07, 6.45) is 0. The first-order valence-corrected chi connectivity index (χ1v) is 6.67. The van der Waals surface area contributed by atoms with Gasteiger partial charge in [-0.1, -0.05) is 23.7 Å². The average molecular weight is 296 g/mol. The van der Waals surface area contributed by atoms with Gasteiger partial charge in [-0.25, -0.2) is 8.78 Å². The Morgan fingerprint density at radius 3 is 2.25 bits per heavy atom. The van der Waals surface area contributed by atoms with Crippen LogP contribution >= 0.6 is 11.6 Å². The predicted molar refractivity (Wildman–Crippen MR) is 78.1 cm³/mol. The minimum atomic E-state index is -0.929. The molecule has 0 saturated carbocycles. The molecule has 0 amide bonds. The van der Waals surface area contributed by atoms with E-state index in [0.29, 0.717) is 16.1 Å². The van der Waals surface area contributed by atoms with Crippen LogP contribution in [0.5, 0.6) is 0 Å². The zero-order valence-electron chi connectivity index (χ0n) is 11.6. The van der Waals surface area contributed by atoms with Crippen molar-refractivity contribution in [1.29, 1.82) is 0 Å². The Kier molecular flexibility index (Phi) is 4.11. The number of nitrogens with two attached hydrogens (primary N) is 1. The number of rotatable bonds is 2. The Morgan fingerprint density at radius 2 is 1.60 bits per heavy atom. The molecule has 0 aliphatic rings. The number of halogens is 3. The van der Waals surface area contributed by atoms with Gasteiger partial charge in [0.1, 0.15) is 11.6 Å². The van der Waals surface area contributed by atoms with Gasteiger partial charge < -0.3 is 5.73 Å². The van der Waals surface area contributed by atoms with Gasteiger partial charge in [0, 0.05) is 10.6 Å². The summed E-state index contributed by atoms with van der Waals surface area (Å²) < 4.78 is 28.1. The Balaban J connectivity index is 2.60. The van der Waals surface area contributed by atoms with Gasteiger partial charge in [-0.15, -0.1) is 0 Å². The second-order valence-electron chi connectivity index (χ2n) is 5.03. The summed E-state index contributed by atoms with van der Waals surface area (Å²) in [5, 5.41) is 0.418. The molecular weight excluding hydrogens is 280 g/mol. The van der Waals surface area contributed by atoms with Gasteiger partial charge in [-0.05, 0) is 55.2 Å². The second-order valence-corrected chi connectivity index (χ2v) is 5.43. The van der Waals surface area contributed by atoms with Crippen molar-refractivity contribution in [2.24, 2.45) is 5.73 Å². The second kappa shape index (κ2) is 5.51. The van der Waals surface area contributed by atoms with Gasteiger partial charge in [-0.2, -0.15) is 0 Å². The van der Waals surface area contributed by atoms with Crippen LogP contribution in [0.4, 0.5) is 8.78 Å². The minimum absolute atomic E-state index is 0.143. The van der Waals surface area contributed by atoms with E-state index in [0.717, 1.165) is 11.1 Å². The van der Waals surface area contributed by atoms with Crippen molar-refractivity contribution >= 4 is 11.6 Å². The topological polar surface area (TPSA) is 26.0 Å². The molecule has 4 heteroatoms. The lowest BCUT2D eigenvalue weighted by Crippen LogP contribution is -2.17. The molecule has 0 aliphatic heterocycles. The van der Waals surface area contributed by atoms with Crippen LogP contribution in [0.3, 0.4) is 0 Å². The van der Waals surface area contributed by atoms with Crippen LogP contribution in [0, 0.1) is 32.4 Å². The molecule has 2 aromatic carbocycles. The van der Waals surface area contributed by atoms with Gasteiger partial charge in [-0.3, -0.25) is 0 Å². The van der Waals surface area contributed by atoms with E-state index < -0.39 is 17.7 Å². The Bertz CT molecular complexity index is 668. The highest BCUT2D eigenvalue weighted by atomic mass is 35.5. The molecule has 20 heavy (non-hydrogen) atoms. The molecule has 0 aliphatic carbocycles. The summed E-state index contributed by atoms with van der Waals surface area (Å²) in [4.78, 5) is 0. The predicted octanol–water partition coefficient (Wildman–Crippen LogP) is 4.59. The van der Waals surface area contributed by atoms with Gasteiger partial charge in [0.25, 0.3) is 0 Å². The summed E-state index contributed by atoms with van der Waals surface area (Å²) in [6.45, 7) is 5.40. The van der Waals surface area contributed by atoms with Gasteiger partial charge in [0.15, 0.2) is 0 Å². The fraction of sp³-hybridized carbons (Fsp3) is 0.250. The van der Waals surface area contributed by atoms with Gasteiger partial charge >= 0.3 is 0 Å². The highest BCUT2D eigenvalue weighted by Gasteiger charge is 2.22. The number of hydrogen-bond donors (Lipinski definition) is 1. The summed E-state index contributed by atoms with van der Waals surface area (Å²) >= 11 is 6.17. The van der Waals surface area contributed by atoms with Crippen molar-refractivity contribution in [3.63, 3.8) is 0 Å². The molecule has 106 valence electrons. The highest BCUT2D eigenvalue weighted by Crippen LogP contribution is 2.32. The van der Waals surface area contributed by atoms with Crippen LogP contribution in [0.1, 0.15) is 33.9 Å². The standard InChI is InChI=1S/C16H16ClF2N/c1-8-4-5-13(18)14(15(8)19)16(20)11-6-9(2)10(3)7-12(11)17/h4-7,16H,20H2,1-3H3. The van der Waals surface area contributed by atoms with E-state index in [1.54, 1.807) is 19.1 Å². The van der Waals surface area contributed by atoms with Crippen molar-refractivity contribution in [3.8, 4) is 0 Å². The molecule has 2 N–H and O–H groups in total. The monoisotopic (exact) mass is 295 g/mol. The minimum Gasteiger partial charge on any atom is -0.320 e. The fourth-order valence-electron chi connectivity index (χ4n) is 2.16. The molecule has 0 spiro atoms. The van der Waals surface area contributed by atoms with Crippen molar-refractivity contribution in [2.45, 2.75) is 26.8 Å². The van der Waals surface area contributed by atoms with Crippen LogP contribution in [0.2, 0.25) is 5.02 Å².